The molecule has 2 N–H and O–H groups in total. The first kappa shape index (κ1) is 24.7. The van der Waals surface area contributed by atoms with Crippen molar-refractivity contribution >= 4 is 28.3 Å². The summed E-state index contributed by atoms with van der Waals surface area (Å²) in [6.07, 6.45) is -2.31. The molecule has 9 nitrogen and oxygen atoms in total. The van der Waals surface area contributed by atoms with Gasteiger partial charge < -0.3 is 10.6 Å². The molecule has 0 aliphatic heterocycles. The molecule has 2 amide bonds. The van der Waals surface area contributed by atoms with E-state index in [0.717, 1.165) is 25.0 Å². The van der Waals surface area contributed by atoms with Crippen molar-refractivity contribution in [3.8, 4) is 0 Å². The topological polar surface area (TPSA) is 115 Å². The van der Waals surface area contributed by atoms with Crippen LogP contribution >= 0.6 is 11.3 Å². The van der Waals surface area contributed by atoms with E-state index >= 15 is 0 Å². The number of carbonyl (C=O) groups excluding carboxylic acids is 2. The van der Waals surface area contributed by atoms with Crippen LogP contribution in [0.5, 0.6) is 0 Å². The lowest BCUT2D eigenvalue weighted by Crippen LogP contribution is -2.23. The van der Waals surface area contributed by atoms with Gasteiger partial charge in [0, 0.05) is 18.9 Å². The molecule has 1 atom stereocenters. The van der Waals surface area contributed by atoms with E-state index in [2.05, 4.69) is 31.1 Å². The van der Waals surface area contributed by atoms with Gasteiger partial charge in [0.2, 0.25) is 11.0 Å². The molecule has 1 aliphatic carbocycles. The van der Waals surface area contributed by atoms with E-state index in [0.29, 0.717) is 16.6 Å². The number of alkyl halides is 4. The Labute approximate surface area is 200 Å². The number of nitrogens with one attached hydrogen (secondary N) is 2. The van der Waals surface area contributed by atoms with Crippen LogP contribution in [0, 0.1) is 5.92 Å². The average Bonchev–Trinajstić information content (AvgIpc) is 3.42. The largest absolute Gasteiger partial charge is 0.416 e. The van der Waals surface area contributed by atoms with Gasteiger partial charge >= 0.3 is 6.18 Å². The van der Waals surface area contributed by atoms with Crippen LogP contribution in [-0.2, 0) is 30.5 Å². The number of halogens is 4. The zero-order valence-electron chi connectivity index (χ0n) is 18.3. The third-order valence-electron chi connectivity index (χ3n) is 5.18. The summed E-state index contributed by atoms with van der Waals surface area (Å²) in [4.78, 5) is 24.0. The number of benzene rings is 1. The van der Waals surface area contributed by atoms with Crippen LogP contribution in [0.25, 0.3) is 0 Å². The highest BCUT2D eigenvalue weighted by atomic mass is 32.1. The number of amides is 2. The second-order valence-electron chi connectivity index (χ2n) is 8.11. The maximum Gasteiger partial charge on any atom is 0.416 e. The summed E-state index contributed by atoms with van der Waals surface area (Å²) < 4.78 is 54.0. The molecule has 1 aliphatic rings. The predicted octanol–water partition coefficient (Wildman–Crippen LogP) is 3.40. The lowest BCUT2D eigenvalue weighted by Gasteiger charge is -2.09. The molecule has 0 bridgehead atoms. The number of carbonyl (C=O) groups is 2. The number of nitrogens with zero attached hydrogens (tertiary/aromatic N) is 5. The van der Waals surface area contributed by atoms with E-state index in [1.165, 1.54) is 34.3 Å². The summed E-state index contributed by atoms with van der Waals surface area (Å²) in [5.41, 5.74) is -0.613. The van der Waals surface area contributed by atoms with Crippen LogP contribution in [0.4, 0.5) is 22.7 Å². The van der Waals surface area contributed by atoms with Gasteiger partial charge in [-0.2, -0.15) is 13.2 Å². The molecule has 186 valence electrons. The Bertz CT molecular complexity index is 1190. The second-order valence-corrected chi connectivity index (χ2v) is 9.17. The first-order chi connectivity index (χ1) is 16.7. The van der Waals surface area contributed by atoms with Gasteiger partial charge in [-0.1, -0.05) is 28.7 Å². The predicted molar refractivity (Wildman–Crippen MR) is 117 cm³/mol. The van der Waals surface area contributed by atoms with Crippen molar-refractivity contribution in [2.75, 3.05) is 5.32 Å². The Morgan fingerprint density at radius 3 is 2.74 bits per heavy atom. The van der Waals surface area contributed by atoms with Crippen molar-refractivity contribution in [1.29, 1.82) is 0 Å². The standard InChI is InChI=1S/C21H21F4N7O2S/c22-15(6-7-17-29-30-20(35-17)27-18(33)13-4-5-13)10-32-11-16(28-31-32)19(34)26-9-12-2-1-3-14(8-12)21(23,24)25/h1-3,8,11,13,15H,4-7,9-10H2,(H,26,34)(H,27,30,33). The summed E-state index contributed by atoms with van der Waals surface area (Å²) in [5.74, 6) is -0.663. The van der Waals surface area contributed by atoms with E-state index in [4.69, 9.17) is 0 Å². The molecule has 0 saturated heterocycles. The molecule has 35 heavy (non-hydrogen) atoms. The fourth-order valence-electron chi connectivity index (χ4n) is 3.15. The summed E-state index contributed by atoms with van der Waals surface area (Å²) in [6.45, 7) is -0.274. The smallest absolute Gasteiger partial charge is 0.347 e. The minimum absolute atomic E-state index is 0.0489. The van der Waals surface area contributed by atoms with E-state index in [-0.39, 0.29) is 42.6 Å². The quantitative estimate of drug-likeness (QED) is 0.404. The molecule has 14 heteroatoms. The second kappa shape index (κ2) is 10.5. The lowest BCUT2D eigenvalue weighted by molar-refractivity contribution is -0.137. The van der Waals surface area contributed by atoms with Gasteiger partial charge in [-0.05, 0) is 37.0 Å². The first-order valence-corrected chi connectivity index (χ1v) is 11.6. The zero-order chi connectivity index (χ0) is 25.0. The van der Waals surface area contributed by atoms with Crippen LogP contribution in [0.1, 0.15) is 45.9 Å². The molecular weight excluding hydrogens is 490 g/mol. The summed E-state index contributed by atoms with van der Waals surface area (Å²) in [6, 6.07) is 4.62. The van der Waals surface area contributed by atoms with E-state index in [1.807, 2.05) is 0 Å². The Morgan fingerprint density at radius 2 is 2.00 bits per heavy atom. The zero-order valence-corrected chi connectivity index (χ0v) is 19.1. The molecule has 2 aromatic heterocycles. The van der Waals surface area contributed by atoms with Crippen LogP contribution in [0.15, 0.2) is 30.5 Å². The highest BCUT2D eigenvalue weighted by Crippen LogP contribution is 2.31. The molecule has 3 aromatic rings. The molecular formula is C21H21F4N7O2S. The van der Waals surface area contributed by atoms with Crippen LogP contribution < -0.4 is 10.6 Å². The lowest BCUT2D eigenvalue weighted by atomic mass is 10.1. The number of aromatic nitrogens is 5. The van der Waals surface area contributed by atoms with Crippen molar-refractivity contribution in [1.82, 2.24) is 30.5 Å². The van der Waals surface area contributed by atoms with Crippen molar-refractivity contribution < 1.29 is 27.2 Å². The molecule has 0 radical (unpaired) electrons. The van der Waals surface area contributed by atoms with Gasteiger partial charge in [0.15, 0.2) is 5.69 Å². The van der Waals surface area contributed by atoms with E-state index in [1.54, 1.807) is 0 Å². The minimum Gasteiger partial charge on any atom is -0.347 e. The molecule has 0 spiro atoms. The Balaban J connectivity index is 1.22. The van der Waals surface area contributed by atoms with E-state index in [9.17, 15) is 27.2 Å². The van der Waals surface area contributed by atoms with Gasteiger partial charge in [-0.3, -0.25) is 9.59 Å². The first-order valence-electron chi connectivity index (χ1n) is 10.8. The van der Waals surface area contributed by atoms with Crippen molar-refractivity contribution in [3.63, 3.8) is 0 Å². The average molecular weight is 512 g/mol. The third kappa shape index (κ3) is 7.04. The van der Waals surface area contributed by atoms with Gasteiger partial charge in [0.05, 0.1) is 18.3 Å². The highest BCUT2D eigenvalue weighted by Gasteiger charge is 2.31. The molecule has 1 unspecified atom stereocenters. The Morgan fingerprint density at radius 1 is 1.20 bits per heavy atom. The molecule has 1 saturated carbocycles. The number of hydrogen-bond donors (Lipinski definition) is 2. The van der Waals surface area contributed by atoms with E-state index < -0.39 is 23.8 Å². The number of aryl methyl sites for hydroxylation is 1. The van der Waals surface area contributed by atoms with Gasteiger partial charge in [-0.25, -0.2) is 9.07 Å². The van der Waals surface area contributed by atoms with Crippen LogP contribution in [0.2, 0.25) is 0 Å². The van der Waals surface area contributed by atoms with Crippen molar-refractivity contribution in [2.24, 2.45) is 5.92 Å². The molecule has 1 fully saturated rings. The molecule has 4 rings (SSSR count). The number of anilines is 1. The molecule has 2 heterocycles. The maximum absolute atomic E-state index is 14.4. The fraction of sp³-hybridized carbons (Fsp3) is 0.429. The van der Waals surface area contributed by atoms with Gasteiger partial charge in [-0.15, -0.1) is 15.3 Å². The van der Waals surface area contributed by atoms with Gasteiger partial charge in [0.1, 0.15) is 11.2 Å². The Kier molecular flexibility index (Phi) is 7.38. The normalized spacial score (nSPS) is 14.5. The maximum atomic E-state index is 14.4. The summed E-state index contributed by atoms with van der Waals surface area (Å²) in [5, 5.41) is 21.4. The van der Waals surface area contributed by atoms with Crippen LogP contribution in [-0.4, -0.2) is 43.2 Å². The van der Waals surface area contributed by atoms with Crippen molar-refractivity contribution in [2.45, 2.75) is 51.1 Å². The fourth-order valence-corrected chi connectivity index (χ4v) is 3.91. The minimum atomic E-state index is -4.48. The monoisotopic (exact) mass is 511 g/mol. The number of hydrogen-bond acceptors (Lipinski definition) is 7. The van der Waals surface area contributed by atoms with Crippen LogP contribution in [0.3, 0.4) is 0 Å². The summed E-state index contributed by atoms with van der Waals surface area (Å²) in [7, 11) is 0. The van der Waals surface area contributed by atoms with Gasteiger partial charge in [0.25, 0.3) is 5.91 Å². The molecule has 1 aromatic carbocycles. The van der Waals surface area contributed by atoms with Crippen molar-refractivity contribution in [3.05, 3.63) is 52.3 Å². The Hall–Kier alpha value is -3.42. The highest BCUT2D eigenvalue weighted by molar-refractivity contribution is 7.15. The number of rotatable bonds is 10. The third-order valence-corrected chi connectivity index (χ3v) is 6.08. The summed E-state index contributed by atoms with van der Waals surface area (Å²) >= 11 is 1.20. The SMILES string of the molecule is O=C(NCc1cccc(C(F)(F)F)c1)c1cn(CC(F)CCc2nnc(NC(=O)C3CC3)s2)nn1.